The maximum atomic E-state index is 10.8. The first-order valence-corrected chi connectivity index (χ1v) is 7.24. The molecule has 2 heterocycles. The van der Waals surface area contributed by atoms with Gasteiger partial charge in [-0.25, -0.2) is 14.8 Å². The summed E-state index contributed by atoms with van der Waals surface area (Å²) in [5.41, 5.74) is 4.67. The smallest absolute Gasteiger partial charge is 0.335 e. The Morgan fingerprint density at radius 3 is 2.53 bits per heavy atom. The molecule has 0 saturated heterocycles. The van der Waals surface area contributed by atoms with E-state index < -0.39 is 5.97 Å². The minimum atomic E-state index is -0.923. The van der Waals surface area contributed by atoms with E-state index in [2.05, 4.69) is 9.97 Å². The molecule has 4 nitrogen and oxygen atoms in total. The van der Waals surface area contributed by atoms with E-state index >= 15 is 0 Å². The van der Waals surface area contributed by atoms with Crippen LogP contribution in [0.4, 0.5) is 0 Å². The van der Waals surface area contributed by atoms with E-state index in [1.165, 1.54) is 22.7 Å². The Morgan fingerprint density at radius 1 is 1.11 bits per heavy atom. The predicted octanol–water partition coefficient (Wildman–Crippen LogP) is 3.63. The number of aromatic carboxylic acids is 1. The van der Waals surface area contributed by atoms with E-state index in [-0.39, 0.29) is 5.56 Å². The van der Waals surface area contributed by atoms with Crippen LogP contribution in [0.3, 0.4) is 0 Å². The molecule has 0 aliphatic carbocycles. The van der Waals surface area contributed by atoms with Gasteiger partial charge >= 0.3 is 5.97 Å². The lowest BCUT2D eigenvalue weighted by Gasteiger charge is -1.97. The Bertz CT molecular complexity index is 703. The molecule has 2 aromatic heterocycles. The van der Waals surface area contributed by atoms with Gasteiger partial charge in [0, 0.05) is 16.3 Å². The molecule has 0 aliphatic heterocycles. The number of thiazole rings is 2. The van der Waals surface area contributed by atoms with Gasteiger partial charge in [-0.05, 0) is 12.1 Å². The lowest BCUT2D eigenvalue weighted by atomic mass is 10.1. The SMILES string of the molecule is O=C(O)c1ccc(-c2csc(-c3cscn3)n2)cc1. The molecule has 19 heavy (non-hydrogen) atoms. The van der Waals surface area contributed by atoms with Gasteiger partial charge in [0.1, 0.15) is 10.7 Å². The molecule has 0 saturated carbocycles. The monoisotopic (exact) mass is 288 g/mol. The average Bonchev–Trinajstić information content (AvgIpc) is 3.10. The third-order valence-corrected chi connectivity index (χ3v) is 4.03. The Labute approximate surface area is 117 Å². The second-order valence-electron chi connectivity index (χ2n) is 3.79. The Morgan fingerprint density at radius 2 is 1.89 bits per heavy atom. The van der Waals surface area contributed by atoms with E-state index in [9.17, 15) is 4.79 Å². The molecule has 94 valence electrons. The highest BCUT2D eigenvalue weighted by Crippen LogP contribution is 2.28. The Kier molecular flexibility index (Phi) is 3.10. The van der Waals surface area contributed by atoms with Gasteiger partial charge < -0.3 is 5.11 Å². The largest absolute Gasteiger partial charge is 0.478 e. The summed E-state index contributed by atoms with van der Waals surface area (Å²) in [6, 6.07) is 6.70. The van der Waals surface area contributed by atoms with Crippen molar-refractivity contribution in [3.05, 3.63) is 46.1 Å². The van der Waals surface area contributed by atoms with Crippen molar-refractivity contribution in [3.8, 4) is 22.0 Å². The van der Waals surface area contributed by atoms with Gasteiger partial charge in [-0.3, -0.25) is 0 Å². The van der Waals surface area contributed by atoms with E-state index in [0.717, 1.165) is 22.0 Å². The van der Waals surface area contributed by atoms with Crippen LogP contribution in [0.2, 0.25) is 0 Å². The molecule has 1 aromatic carbocycles. The summed E-state index contributed by atoms with van der Waals surface area (Å²) in [4.78, 5) is 19.5. The first kappa shape index (κ1) is 12.0. The summed E-state index contributed by atoms with van der Waals surface area (Å²) in [7, 11) is 0. The molecule has 0 amide bonds. The summed E-state index contributed by atoms with van der Waals surface area (Å²) >= 11 is 3.06. The topological polar surface area (TPSA) is 63.1 Å². The molecule has 1 N–H and O–H groups in total. The number of nitrogens with zero attached hydrogens (tertiary/aromatic N) is 2. The zero-order valence-electron chi connectivity index (χ0n) is 9.61. The summed E-state index contributed by atoms with van der Waals surface area (Å²) in [5.74, 6) is -0.923. The molecule has 0 bridgehead atoms. The summed E-state index contributed by atoms with van der Waals surface area (Å²) in [5, 5.41) is 13.6. The highest BCUT2D eigenvalue weighted by molar-refractivity contribution is 7.14. The number of benzene rings is 1. The van der Waals surface area contributed by atoms with Crippen molar-refractivity contribution in [1.82, 2.24) is 9.97 Å². The number of carboxylic acids is 1. The van der Waals surface area contributed by atoms with Crippen LogP contribution in [0.1, 0.15) is 10.4 Å². The van der Waals surface area contributed by atoms with Crippen LogP contribution in [0, 0.1) is 0 Å². The summed E-state index contributed by atoms with van der Waals surface area (Å²) in [6.45, 7) is 0. The van der Waals surface area contributed by atoms with Gasteiger partial charge in [-0.2, -0.15) is 0 Å². The van der Waals surface area contributed by atoms with Crippen LogP contribution in [0.5, 0.6) is 0 Å². The Hall–Kier alpha value is -2.05. The highest BCUT2D eigenvalue weighted by atomic mass is 32.1. The molecule has 0 unspecified atom stereocenters. The molecular weight excluding hydrogens is 280 g/mol. The number of hydrogen-bond donors (Lipinski definition) is 1. The molecule has 0 aliphatic rings. The van der Waals surface area contributed by atoms with Gasteiger partial charge in [0.05, 0.1) is 16.8 Å². The minimum absolute atomic E-state index is 0.277. The number of aromatic nitrogens is 2. The average molecular weight is 288 g/mol. The normalized spacial score (nSPS) is 10.5. The number of rotatable bonds is 3. The van der Waals surface area contributed by atoms with Crippen molar-refractivity contribution in [1.29, 1.82) is 0 Å². The van der Waals surface area contributed by atoms with Crippen LogP contribution in [0.25, 0.3) is 22.0 Å². The zero-order valence-corrected chi connectivity index (χ0v) is 11.2. The quantitative estimate of drug-likeness (QED) is 0.799. The maximum Gasteiger partial charge on any atom is 0.335 e. The zero-order chi connectivity index (χ0) is 13.2. The first-order chi connectivity index (χ1) is 9.24. The number of carboxylic acid groups (broad SMARTS) is 1. The number of carbonyl (C=O) groups is 1. The fourth-order valence-electron chi connectivity index (χ4n) is 1.63. The van der Waals surface area contributed by atoms with Crippen LogP contribution in [-0.4, -0.2) is 21.0 Å². The second kappa shape index (κ2) is 4.91. The standard InChI is InChI=1S/C13H8N2O2S2/c16-13(17)9-3-1-8(2-4-9)10-6-19-12(15-10)11-5-18-7-14-11/h1-7H,(H,16,17). The molecule has 3 aromatic rings. The predicted molar refractivity (Wildman–Crippen MR) is 75.6 cm³/mol. The van der Waals surface area contributed by atoms with Gasteiger partial charge in [0.15, 0.2) is 0 Å². The van der Waals surface area contributed by atoms with E-state index in [1.54, 1.807) is 29.8 Å². The van der Waals surface area contributed by atoms with Crippen molar-refractivity contribution in [3.63, 3.8) is 0 Å². The van der Waals surface area contributed by atoms with E-state index in [4.69, 9.17) is 5.11 Å². The van der Waals surface area contributed by atoms with Crippen molar-refractivity contribution < 1.29 is 9.90 Å². The van der Waals surface area contributed by atoms with Gasteiger partial charge in [-0.1, -0.05) is 12.1 Å². The summed E-state index contributed by atoms with van der Waals surface area (Å²) in [6.07, 6.45) is 0. The first-order valence-electron chi connectivity index (χ1n) is 5.42. The molecule has 0 atom stereocenters. The second-order valence-corrected chi connectivity index (χ2v) is 5.37. The van der Waals surface area contributed by atoms with Crippen LogP contribution in [-0.2, 0) is 0 Å². The van der Waals surface area contributed by atoms with Gasteiger partial charge in [0.2, 0.25) is 0 Å². The van der Waals surface area contributed by atoms with E-state index in [0.29, 0.717) is 0 Å². The fraction of sp³-hybridized carbons (Fsp3) is 0. The molecule has 6 heteroatoms. The fourth-order valence-corrected chi connectivity index (χ4v) is 3.03. The van der Waals surface area contributed by atoms with Crippen molar-refractivity contribution in [2.45, 2.75) is 0 Å². The van der Waals surface area contributed by atoms with Crippen LogP contribution < -0.4 is 0 Å². The molecular formula is C13H8N2O2S2. The highest BCUT2D eigenvalue weighted by Gasteiger charge is 2.09. The van der Waals surface area contributed by atoms with Crippen molar-refractivity contribution in [2.75, 3.05) is 0 Å². The van der Waals surface area contributed by atoms with Gasteiger partial charge in [-0.15, -0.1) is 22.7 Å². The molecule has 0 fully saturated rings. The van der Waals surface area contributed by atoms with Crippen molar-refractivity contribution >= 4 is 28.6 Å². The minimum Gasteiger partial charge on any atom is -0.478 e. The number of hydrogen-bond acceptors (Lipinski definition) is 5. The lowest BCUT2D eigenvalue weighted by Crippen LogP contribution is -1.94. The lowest BCUT2D eigenvalue weighted by molar-refractivity contribution is 0.0697. The molecule has 3 rings (SSSR count). The van der Waals surface area contributed by atoms with E-state index in [1.807, 2.05) is 10.8 Å². The Balaban J connectivity index is 1.92. The molecule has 0 spiro atoms. The summed E-state index contributed by atoms with van der Waals surface area (Å²) < 4.78 is 0. The molecule has 0 radical (unpaired) electrons. The third kappa shape index (κ3) is 2.40. The van der Waals surface area contributed by atoms with Gasteiger partial charge in [0.25, 0.3) is 0 Å². The van der Waals surface area contributed by atoms with Crippen LogP contribution in [0.15, 0.2) is 40.5 Å². The maximum absolute atomic E-state index is 10.8. The van der Waals surface area contributed by atoms with Crippen molar-refractivity contribution in [2.24, 2.45) is 0 Å². The third-order valence-electron chi connectivity index (χ3n) is 2.58. The van der Waals surface area contributed by atoms with Crippen LogP contribution >= 0.6 is 22.7 Å².